The molecule has 0 aliphatic rings. The van der Waals surface area contributed by atoms with Crippen molar-refractivity contribution in [1.82, 2.24) is 9.55 Å². The second-order valence-electron chi connectivity index (χ2n) is 6.57. The molecule has 0 spiro atoms. The van der Waals surface area contributed by atoms with Crippen molar-refractivity contribution in [3.05, 3.63) is 65.5 Å². The minimum atomic E-state index is -0.0222. The molecule has 0 amide bonds. The van der Waals surface area contributed by atoms with Crippen LogP contribution in [0, 0.1) is 11.3 Å². The summed E-state index contributed by atoms with van der Waals surface area (Å²) in [6.07, 6.45) is 0. The van der Waals surface area contributed by atoms with Crippen LogP contribution < -0.4 is 0 Å². The monoisotopic (exact) mass is 289 g/mol. The number of imidazole rings is 1. The highest BCUT2D eigenvalue weighted by molar-refractivity contribution is 5.76. The van der Waals surface area contributed by atoms with Crippen molar-refractivity contribution >= 4 is 11.0 Å². The van der Waals surface area contributed by atoms with Gasteiger partial charge in [0.1, 0.15) is 5.82 Å². The predicted octanol–water partition coefficient (Wildman–Crippen LogP) is 4.25. The molecule has 0 N–H and O–H groups in total. The van der Waals surface area contributed by atoms with Gasteiger partial charge in [0, 0.05) is 12.0 Å². The van der Waals surface area contributed by atoms with E-state index in [9.17, 15) is 0 Å². The van der Waals surface area contributed by atoms with Gasteiger partial charge in [0.05, 0.1) is 22.7 Å². The molecule has 3 nitrogen and oxygen atoms in total. The van der Waals surface area contributed by atoms with Gasteiger partial charge in [-0.05, 0) is 29.8 Å². The third-order valence-corrected chi connectivity index (χ3v) is 3.75. The summed E-state index contributed by atoms with van der Waals surface area (Å²) in [5.74, 6) is 1.08. The number of hydrogen-bond acceptors (Lipinski definition) is 2. The lowest BCUT2D eigenvalue weighted by atomic mass is 9.95. The highest BCUT2D eigenvalue weighted by Crippen LogP contribution is 2.27. The number of hydrogen-bond donors (Lipinski definition) is 0. The molecule has 22 heavy (non-hydrogen) atoms. The van der Waals surface area contributed by atoms with E-state index in [2.05, 4.69) is 43.5 Å². The molecule has 110 valence electrons. The standard InChI is InChI=1S/C19H19N3/c1-19(2,3)18-21-16-6-4-5-7-17(16)22(18)13-15-10-8-14(12-20)9-11-15/h4-11H,13H2,1-3H3. The number of para-hydroxylation sites is 2. The number of rotatable bonds is 2. The fourth-order valence-electron chi connectivity index (χ4n) is 2.68. The zero-order chi connectivity index (χ0) is 15.7. The Morgan fingerprint density at radius 3 is 2.36 bits per heavy atom. The van der Waals surface area contributed by atoms with E-state index >= 15 is 0 Å². The molecule has 0 saturated carbocycles. The quantitative estimate of drug-likeness (QED) is 0.707. The van der Waals surface area contributed by atoms with E-state index in [1.54, 1.807) is 0 Å². The van der Waals surface area contributed by atoms with Crippen molar-refractivity contribution in [3.8, 4) is 6.07 Å². The van der Waals surface area contributed by atoms with Crippen molar-refractivity contribution in [1.29, 1.82) is 5.26 Å². The second-order valence-corrected chi connectivity index (χ2v) is 6.57. The summed E-state index contributed by atoms with van der Waals surface area (Å²) < 4.78 is 2.27. The lowest BCUT2D eigenvalue weighted by Gasteiger charge is -2.20. The van der Waals surface area contributed by atoms with Gasteiger partial charge in [-0.1, -0.05) is 45.0 Å². The first-order valence-electron chi connectivity index (χ1n) is 7.44. The molecule has 2 aromatic carbocycles. The van der Waals surface area contributed by atoms with Crippen molar-refractivity contribution in [2.24, 2.45) is 0 Å². The van der Waals surface area contributed by atoms with Crippen molar-refractivity contribution in [2.75, 3.05) is 0 Å². The van der Waals surface area contributed by atoms with Crippen LogP contribution in [0.15, 0.2) is 48.5 Å². The predicted molar refractivity (Wildman–Crippen MR) is 88.7 cm³/mol. The van der Waals surface area contributed by atoms with E-state index in [1.165, 1.54) is 5.56 Å². The van der Waals surface area contributed by atoms with Gasteiger partial charge in [-0.15, -0.1) is 0 Å². The van der Waals surface area contributed by atoms with E-state index in [1.807, 2.05) is 36.4 Å². The molecule has 0 radical (unpaired) electrons. The average molecular weight is 289 g/mol. The van der Waals surface area contributed by atoms with Crippen LogP contribution in [0.1, 0.15) is 37.7 Å². The number of aromatic nitrogens is 2. The Morgan fingerprint density at radius 2 is 1.73 bits per heavy atom. The lowest BCUT2D eigenvalue weighted by Crippen LogP contribution is -2.19. The van der Waals surface area contributed by atoms with Gasteiger partial charge in [-0.2, -0.15) is 5.26 Å². The third-order valence-electron chi connectivity index (χ3n) is 3.75. The minimum Gasteiger partial charge on any atom is -0.323 e. The molecular weight excluding hydrogens is 270 g/mol. The van der Waals surface area contributed by atoms with Gasteiger partial charge < -0.3 is 4.57 Å². The van der Waals surface area contributed by atoms with Crippen LogP contribution in [0.5, 0.6) is 0 Å². The molecule has 0 aliphatic carbocycles. The van der Waals surface area contributed by atoms with Crippen LogP contribution in [-0.4, -0.2) is 9.55 Å². The zero-order valence-electron chi connectivity index (χ0n) is 13.2. The van der Waals surface area contributed by atoms with Crippen LogP contribution in [0.3, 0.4) is 0 Å². The Balaban J connectivity index is 2.10. The molecule has 0 atom stereocenters. The number of fused-ring (bicyclic) bond motifs is 1. The molecule has 1 heterocycles. The lowest BCUT2D eigenvalue weighted by molar-refractivity contribution is 0.516. The topological polar surface area (TPSA) is 41.6 Å². The highest BCUT2D eigenvalue weighted by Gasteiger charge is 2.22. The summed E-state index contributed by atoms with van der Waals surface area (Å²) in [5.41, 5.74) is 4.02. The van der Waals surface area contributed by atoms with Gasteiger partial charge in [0.25, 0.3) is 0 Å². The van der Waals surface area contributed by atoms with E-state index in [0.29, 0.717) is 5.56 Å². The first-order valence-corrected chi connectivity index (χ1v) is 7.44. The second kappa shape index (κ2) is 5.31. The first kappa shape index (κ1) is 14.3. The minimum absolute atomic E-state index is 0.0222. The van der Waals surface area contributed by atoms with E-state index in [-0.39, 0.29) is 5.41 Å². The maximum atomic E-state index is 8.91. The van der Waals surface area contributed by atoms with Crippen LogP contribution in [-0.2, 0) is 12.0 Å². The SMILES string of the molecule is CC(C)(C)c1nc2ccccc2n1Cc1ccc(C#N)cc1. The van der Waals surface area contributed by atoms with E-state index in [0.717, 1.165) is 23.4 Å². The number of nitrogens with zero attached hydrogens (tertiary/aromatic N) is 3. The normalized spacial score (nSPS) is 11.5. The summed E-state index contributed by atoms with van der Waals surface area (Å²) >= 11 is 0. The summed E-state index contributed by atoms with van der Waals surface area (Å²) in [6, 6.07) is 18.2. The fraction of sp³-hybridized carbons (Fsp3) is 0.263. The van der Waals surface area contributed by atoms with Crippen molar-refractivity contribution < 1.29 is 0 Å². The van der Waals surface area contributed by atoms with Gasteiger partial charge in [0.2, 0.25) is 0 Å². The summed E-state index contributed by atoms with van der Waals surface area (Å²) in [7, 11) is 0. The smallest absolute Gasteiger partial charge is 0.115 e. The van der Waals surface area contributed by atoms with E-state index in [4.69, 9.17) is 10.2 Å². The highest BCUT2D eigenvalue weighted by atomic mass is 15.1. The average Bonchev–Trinajstić information content (AvgIpc) is 2.87. The Labute approximate surface area is 130 Å². The zero-order valence-corrected chi connectivity index (χ0v) is 13.2. The molecule has 3 aromatic rings. The molecular formula is C19H19N3. The molecule has 0 aliphatic heterocycles. The fourth-order valence-corrected chi connectivity index (χ4v) is 2.68. The molecule has 1 aromatic heterocycles. The van der Waals surface area contributed by atoms with Crippen molar-refractivity contribution in [3.63, 3.8) is 0 Å². The van der Waals surface area contributed by atoms with Gasteiger partial charge in [-0.3, -0.25) is 0 Å². The summed E-state index contributed by atoms with van der Waals surface area (Å²) in [5, 5.41) is 8.91. The Hall–Kier alpha value is -2.60. The van der Waals surface area contributed by atoms with Crippen LogP contribution in [0.4, 0.5) is 0 Å². The largest absolute Gasteiger partial charge is 0.323 e. The van der Waals surface area contributed by atoms with Crippen molar-refractivity contribution in [2.45, 2.75) is 32.7 Å². The summed E-state index contributed by atoms with van der Waals surface area (Å²) in [4.78, 5) is 4.82. The Bertz CT molecular complexity index is 843. The maximum Gasteiger partial charge on any atom is 0.115 e. The Kier molecular flexibility index (Phi) is 3.46. The number of nitriles is 1. The van der Waals surface area contributed by atoms with Gasteiger partial charge >= 0.3 is 0 Å². The van der Waals surface area contributed by atoms with Crippen LogP contribution >= 0.6 is 0 Å². The number of benzene rings is 2. The summed E-state index contributed by atoms with van der Waals surface area (Å²) in [6.45, 7) is 7.31. The molecule has 3 rings (SSSR count). The van der Waals surface area contributed by atoms with E-state index < -0.39 is 0 Å². The molecule has 0 saturated heterocycles. The van der Waals surface area contributed by atoms with Gasteiger partial charge in [-0.25, -0.2) is 4.98 Å². The van der Waals surface area contributed by atoms with Crippen LogP contribution in [0.25, 0.3) is 11.0 Å². The molecule has 0 unspecified atom stereocenters. The molecule has 0 fully saturated rings. The molecule has 3 heteroatoms. The van der Waals surface area contributed by atoms with Gasteiger partial charge in [0.15, 0.2) is 0 Å². The van der Waals surface area contributed by atoms with Crippen LogP contribution in [0.2, 0.25) is 0 Å². The third kappa shape index (κ3) is 2.60. The molecule has 0 bridgehead atoms. The Morgan fingerprint density at radius 1 is 1.05 bits per heavy atom. The maximum absolute atomic E-state index is 8.91. The first-order chi connectivity index (χ1) is 10.5.